The molecule has 0 unspecified atom stereocenters. The Kier molecular flexibility index (Phi) is 7.46. The zero-order valence-electron chi connectivity index (χ0n) is 12.5. The number of halogens is 2. The van der Waals surface area contributed by atoms with E-state index in [2.05, 4.69) is 15.5 Å². The number of carbonyl (C=O) groups is 1. The van der Waals surface area contributed by atoms with Gasteiger partial charge in [0.1, 0.15) is 0 Å². The quantitative estimate of drug-likeness (QED) is 0.891. The molecule has 1 fully saturated rings. The van der Waals surface area contributed by atoms with E-state index >= 15 is 0 Å². The number of carbonyl (C=O) groups excluding carboxylic acids is 1. The number of amides is 1. The number of nitrogens with zero attached hydrogens (tertiary/aromatic N) is 1. The number of rotatable bonds is 4. The van der Waals surface area contributed by atoms with Gasteiger partial charge in [-0.1, -0.05) is 17.7 Å². The van der Waals surface area contributed by atoms with Gasteiger partial charge in [-0.05, 0) is 44.5 Å². The van der Waals surface area contributed by atoms with Crippen molar-refractivity contribution in [2.75, 3.05) is 32.0 Å². The van der Waals surface area contributed by atoms with E-state index in [1.165, 1.54) is 0 Å². The Balaban J connectivity index is 0.00000220. The lowest BCUT2D eigenvalue weighted by atomic mass is 10.1. The molecule has 2 N–H and O–H groups in total. The Morgan fingerprint density at radius 2 is 2.05 bits per heavy atom. The normalized spacial score (nSPS) is 16.3. The van der Waals surface area contributed by atoms with Gasteiger partial charge in [-0.25, -0.2) is 0 Å². The van der Waals surface area contributed by atoms with E-state index < -0.39 is 0 Å². The van der Waals surface area contributed by atoms with Crippen LogP contribution in [0.2, 0.25) is 5.02 Å². The third kappa shape index (κ3) is 5.47. The molecule has 1 aliphatic heterocycles. The Bertz CT molecular complexity index is 474. The van der Waals surface area contributed by atoms with Gasteiger partial charge in [0.2, 0.25) is 5.91 Å². The van der Waals surface area contributed by atoms with Crippen LogP contribution in [0.4, 0.5) is 5.69 Å². The van der Waals surface area contributed by atoms with Crippen molar-refractivity contribution in [2.45, 2.75) is 25.8 Å². The summed E-state index contributed by atoms with van der Waals surface area (Å²) in [6, 6.07) is 6.18. The smallest absolute Gasteiger partial charge is 0.238 e. The number of hydrogen-bond acceptors (Lipinski definition) is 3. The molecule has 0 bridgehead atoms. The molecule has 0 aromatic heterocycles. The molecule has 1 aliphatic rings. The van der Waals surface area contributed by atoms with Crippen LogP contribution in [0.25, 0.3) is 0 Å². The molecule has 1 aromatic carbocycles. The van der Waals surface area contributed by atoms with Gasteiger partial charge in [0, 0.05) is 29.8 Å². The lowest BCUT2D eigenvalue weighted by Gasteiger charge is -2.31. The molecule has 0 aliphatic carbocycles. The number of benzene rings is 1. The zero-order chi connectivity index (χ0) is 14.5. The predicted octanol–water partition coefficient (Wildman–Crippen LogP) is 2.69. The van der Waals surface area contributed by atoms with Gasteiger partial charge in [-0.15, -0.1) is 12.4 Å². The van der Waals surface area contributed by atoms with Crippen LogP contribution in [0.1, 0.15) is 18.4 Å². The molecule has 1 amide bonds. The first kappa shape index (κ1) is 18.2. The van der Waals surface area contributed by atoms with Crippen molar-refractivity contribution in [3.8, 4) is 0 Å². The van der Waals surface area contributed by atoms with Crippen LogP contribution in [0, 0.1) is 6.92 Å². The molecule has 6 heteroatoms. The maximum absolute atomic E-state index is 12.0. The van der Waals surface area contributed by atoms with Gasteiger partial charge in [0.15, 0.2) is 0 Å². The SMILES string of the molecule is CNC1CCN(CC(=O)Nc2ccc(C)c(Cl)c2)CC1.Cl. The number of nitrogens with one attached hydrogen (secondary N) is 2. The molecule has 0 saturated carbocycles. The number of anilines is 1. The van der Waals surface area contributed by atoms with Gasteiger partial charge in [-0.2, -0.15) is 0 Å². The van der Waals surface area contributed by atoms with E-state index in [0.29, 0.717) is 17.6 Å². The van der Waals surface area contributed by atoms with E-state index in [0.717, 1.165) is 37.2 Å². The van der Waals surface area contributed by atoms with Crippen LogP contribution < -0.4 is 10.6 Å². The largest absolute Gasteiger partial charge is 0.325 e. The highest BCUT2D eigenvalue weighted by Crippen LogP contribution is 2.20. The second kappa shape index (κ2) is 8.59. The molecule has 21 heavy (non-hydrogen) atoms. The average Bonchev–Trinajstić information content (AvgIpc) is 2.44. The van der Waals surface area contributed by atoms with E-state index in [9.17, 15) is 4.79 Å². The van der Waals surface area contributed by atoms with Crippen molar-refractivity contribution in [3.05, 3.63) is 28.8 Å². The van der Waals surface area contributed by atoms with Gasteiger partial charge >= 0.3 is 0 Å². The van der Waals surface area contributed by atoms with E-state index in [1.54, 1.807) is 6.07 Å². The minimum atomic E-state index is 0. The third-order valence-electron chi connectivity index (χ3n) is 3.82. The van der Waals surface area contributed by atoms with Crippen molar-refractivity contribution >= 4 is 35.6 Å². The molecular formula is C15H23Cl2N3O. The van der Waals surface area contributed by atoms with Crippen molar-refractivity contribution in [3.63, 3.8) is 0 Å². The number of likely N-dealkylation sites (tertiary alicyclic amines) is 1. The highest BCUT2D eigenvalue weighted by atomic mass is 35.5. The van der Waals surface area contributed by atoms with Crippen LogP contribution in [-0.2, 0) is 4.79 Å². The minimum Gasteiger partial charge on any atom is -0.325 e. The summed E-state index contributed by atoms with van der Waals surface area (Å²) in [6.45, 7) is 4.32. The summed E-state index contributed by atoms with van der Waals surface area (Å²) >= 11 is 6.05. The second-order valence-corrected chi connectivity index (χ2v) is 5.76. The van der Waals surface area contributed by atoms with Gasteiger partial charge in [0.05, 0.1) is 6.54 Å². The fourth-order valence-electron chi connectivity index (χ4n) is 2.45. The van der Waals surface area contributed by atoms with Gasteiger partial charge in [-0.3, -0.25) is 9.69 Å². The predicted molar refractivity (Wildman–Crippen MR) is 90.6 cm³/mol. The molecule has 4 nitrogen and oxygen atoms in total. The zero-order valence-corrected chi connectivity index (χ0v) is 14.1. The Hall–Kier alpha value is -0.810. The highest BCUT2D eigenvalue weighted by Gasteiger charge is 2.19. The molecule has 1 saturated heterocycles. The first-order valence-corrected chi connectivity index (χ1v) is 7.42. The van der Waals surface area contributed by atoms with Crippen LogP contribution >= 0.6 is 24.0 Å². The topological polar surface area (TPSA) is 44.4 Å². The fraction of sp³-hybridized carbons (Fsp3) is 0.533. The van der Waals surface area contributed by atoms with Crippen molar-refractivity contribution < 1.29 is 4.79 Å². The van der Waals surface area contributed by atoms with Crippen LogP contribution in [-0.4, -0.2) is 43.5 Å². The molecule has 0 radical (unpaired) electrons. The van der Waals surface area contributed by atoms with E-state index in [4.69, 9.17) is 11.6 Å². The standard InChI is InChI=1S/C15H22ClN3O.ClH/c1-11-3-4-13(9-14(11)16)18-15(20)10-19-7-5-12(17-2)6-8-19;/h3-4,9,12,17H,5-8,10H2,1-2H3,(H,18,20);1H. The maximum atomic E-state index is 12.0. The monoisotopic (exact) mass is 331 g/mol. The van der Waals surface area contributed by atoms with Crippen LogP contribution in [0.15, 0.2) is 18.2 Å². The number of hydrogen-bond donors (Lipinski definition) is 2. The number of aryl methyl sites for hydroxylation is 1. The Labute approximate surface area is 137 Å². The molecule has 2 rings (SSSR count). The second-order valence-electron chi connectivity index (χ2n) is 5.35. The lowest BCUT2D eigenvalue weighted by molar-refractivity contribution is -0.117. The van der Waals surface area contributed by atoms with Crippen molar-refractivity contribution in [2.24, 2.45) is 0 Å². The molecule has 0 atom stereocenters. The summed E-state index contributed by atoms with van der Waals surface area (Å²) < 4.78 is 0. The molecule has 1 aromatic rings. The molecule has 0 spiro atoms. The first-order valence-electron chi connectivity index (χ1n) is 7.04. The van der Waals surface area contributed by atoms with E-state index in [1.807, 2.05) is 26.1 Å². The van der Waals surface area contributed by atoms with Crippen molar-refractivity contribution in [1.82, 2.24) is 10.2 Å². The molecule has 1 heterocycles. The third-order valence-corrected chi connectivity index (χ3v) is 4.23. The summed E-state index contributed by atoms with van der Waals surface area (Å²) in [6.07, 6.45) is 2.19. The maximum Gasteiger partial charge on any atom is 0.238 e. The van der Waals surface area contributed by atoms with Crippen LogP contribution in [0.3, 0.4) is 0 Å². The summed E-state index contributed by atoms with van der Waals surface area (Å²) in [7, 11) is 1.99. The Morgan fingerprint density at radius 1 is 1.38 bits per heavy atom. The highest BCUT2D eigenvalue weighted by molar-refractivity contribution is 6.31. The van der Waals surface area contributed by atoms with Crippen LogP contribution in [0.5, 0.6) is 0 Å². The summed E-state index contributed by atoms with van der Waals surface area (Å²) in [5, 5.41) is 6.87. The van der Waals surface area contributed by atoms with E-state index in [-0.39, 0.29) is 18.3 Å². The Morgan fingerprint density at radius 3 is 2.62 bits per heavy atom. The molecular weight excluding hydrogens is 309 g/mol. The van der Waals surface area contributed by atoms with Crippen molar-refractivity contribution in [1.29, 1.82) is 0 Å². The fourth-order valence-corrected chi connectivity index (χ4v) is 2.63. The summed E-state index contributed by atoms with van der Waals surface area (Å²) in [5.41, 5.74) is 1.77. The first-order chi connectivity index (χ1) is 9.58. The molecule has 118 valence electrons. The van der Waals surface area contributed by atoms with Gasteiger partial charge < -0.3 is 10.6 Å². The number of piperidine rings is 1. The average molecular weight is 332 g/mol. The summed E-state index contributed by atoms with van der Waals surface area (Å²) in [5.74, 6) is 0.0211. The lowest BCUT2D eigenvalue weighted by Crippen LogP contribution is -2.44. The van der Waals surface area contributed by atoms with Gasteiger partial charge in [0.25, 0.3) is 0 Å². The minimum absolute atomic E-state index is 0. The summed E-state index contributed by atoms with van der Waals surface area (Å²) in [4.78, 5) is 14.2.